The number of hydrogen-bond acceptors (Lipinski definition) is 2. The molecule has 0 aliphatic heterocycles. The number of ether oxygens (including phenoxy) is 1. The fourth-order valence-corrected chi connectivity index (χ4v) is 3.11. The van der Waals surface area contributed by atoms with Crippen molar-refractivity contribution in [3.05, 3.63) is 35.6 Å². The van der Waals surface area contributed by atoms with Crippen LogP contribution < -0.4 is 4.90 Å². The molecule has 0 spiro atoms. The van der Waals surface area contributed by atoms with Gasteiger partial charge in [-0.15, -0.1) is 0 Å². The van der Waals surface area contributed by atoms with E-state index in [-0.39, 0.29) is 19.0 Å². The number of aliphatic hydroxyl groups is 1. The van der Waals surface area contributed by atoms with Crippen LogP contribution in [-0.2, 0) is 11.3 Å². The lowest BCUT2D eigenvalue weighted by atomic mass is 9.94. The fourth-order valence-electron chi connectivity index (χ4n) is 3.11. The highest BCUT2D eigenvalue weighted by Crippen LogP contribution is 2.15. The van der Waals surface area contributed by atoms with E-state index in [0.29, 0.717) is 18.2 Å². The molecule has 1 aromatic rings. The van der Waals surface area contributed by atoms with Crippen molar-refractivity contribution in [1.29, 1.82) is 0 Å². The van der Waals surface area contributed by atoms with E-state index in [1.54, 1.807) is 18.2 Å². The molecule has 2 atom stereocenters. The summed E-state index contributed by atoms with van der Waals surface area (Å²) in [6.07, 6.45) is 5.99. The monoisotopic (exact) mass is 296 g/mol. The molecule has 2 rings (SSSR count). The number of hydrogen-bond donors (Lipinski definition) is 2. The molecule has 0 heterocycles. The minimum atomic E-state index is -0.487. The lowest BCUT2D eigenvalue weighted by Crippen LogP contribution is -3.14. The Bertz CT molecular complexity index is 421. The fraction of sp³-hybridized carbons (Fsp3) is 0.647. The summed E-state index contributed by atoms with van der Waals surface area (Å²) in [4.78, 5) is 1.39. The second kappa shape index (κ2) is 8.47. The maximum Gasteiger partial charge on any atom is 0.128 e. The van der Waals surface area contributed by atoms with Gasteiger partial charge in [0.2, 0.25) is 0 Å². The summed E-state index contributed by atoms with van der Waals surface area (Å²) in [6.45, 7) is 1.17. The van der Waals surface area contributed by atoms with Crippen LogP contribution in [0.1, 0.15) is 37.7 Å². The van der Waals surface area contributed by atoms with Crippen molar-refractivity contribution in [2.75, 3.05) is 20.2 Å². The van der Waals surface area contributed by atoms with Crippen molar-refractivity contribution in [3.63, 3.8) is 0 Å². The van der Waals surface area contributed by atoms with E-state index in [1.165, 1.54) is 43.1 Å². The molecule has 0 saturated heterocycles. The third-order valence-electron chi connectivity index (χ3n) is 4.39. The minimum absolute atomic E-state index is 0.214. The first-order chi connectivity index (χ1) is 10.2. The molecule has 1 aromatic carbocycles. The molecule has 118 valence electrons. The van der Waals surface area contributed by atoms with Gasteiger partial charge in [-0.1, -0.05) is 24.6 Å². The second-order valence-electron chi connectivity index (χ2n) is 6.15. The van der Waals surface area contributed by atoms with E-state index in [1.807, 2.05) is 0 Å². The van der Waals surface area contributed by atoms with E-state index in [4.69, 9.17) is 4.74 Å². The number of quaternary nitrogens is 1. The van der Waals surface area contributed by atoms with Crippen LogP contribution in [0.2, 0.25) is 0 Å². The maximum atomic E-state index is 13.4. The molecule has 1 unspecified atom stereocenters. The highest BCUT2D eigenvalue weighted by atomic mass is 19.1. The first kappa shape index (κ1) is 16.4. The normalized spacial score (nSPS) is 19.4. The molecule has 0 aromatic heterocycles. The number of likely N-dealkylation sites (N-methyl/N-ethyl adjacent to an activating group) is 1. The van der Waals surface area contributed by atoms with Crippen LogP contribution >= 0.6 is 0 Å². The van der Waals surface area contributed by atoms with Gasteiger partial charge in [-0.3, -0.25) is 0 Å². The quantitative estimate of drug-likeness (QED) is 0.800. The molecule has 3 nitrogen and oxygen atoms in total. The Morgan fingerprint density at radius 3 is 2.71 bits per heavy atom. The molecular weight excluding hydrogens is 269 g/mol. The molecule has 1 aliphatic rings. The molecule has 2 N–H and O–H groups in total. The standard InChI is InChI=1S/C17H26FNO2/c1-19(15-8-3-2-4-9-15)11-16(20)13-21-12-14-7-5-6-10-17(14)18/h5-7,10,15-16,20H,2-4,8-9,11-13H2,1H3/p+1/t16-/m1/s1. The van der Waals surface area contributed by atoms with Gasteiger partial charge in [0.05, 0.1) is 26.3 Å². The average Bonchev–Trinajstić information content (AvgIpc) is 2.50. The number of rotatable bonds is 7. The van der Waals surface area contributed by atoms with E-state index in [9.17, 15) is 9.50 Å². The molecular formula is C17H27FNO2+. The first-order valence-electron chi connectivity index (χ1n) is 7.98. The van der Waals surface area contributed by atoms with Gasteiger partial charge in [-0.25, -0.2) is 4.39 Å². The average molecular weight is 296 g/mol. The van der Waals surface area contributed by atoms with Crippen LogP contribution in [0.15, 0.2) is 24.3 Å². The van der Waals surface area contributed by atoms with Crippen LogP contribution in [0.5, 0.6) is 0 Å². The Morgan fingerprint density at radius 2 is 2.00 bits per heavy atom. The van der Waals surface area contributed by atoms with Gasteiger partial charge in [-0.2, -0.15) is 0 Å². The largest absolute Gasteiger partial charge is 0.385 e. The zero-order chi connectivity index (χ0) is 15.1. The number of benzene rings is 1. The molecule has 21 heavy (non-hydrogen) atoms. The Labute approximate surface area is 126 Å². The van der Waals surface area contributed by atoms with Crippen LogP contribution in [-0.4, -0.2) is 37.5 Å². The highest BCUT2D eigenvalue weighted by molar-refractivity contribution is 5.16. The Morgan fingerprint density at radius 1 is 1.29 bits per heavy atom. The lowest BCUT2D eigenvalue weighted by Gasteiger charge is -2.29. The van der Waals surface area contributed by atoms with Gasteiger partial charge in [0.25, 0.3) is 0 Å². The van der Waals surface area contributed by atoms with Gasteiger partial charge in [0.15, 0.2) is 0 Å². The number of halogens is 1. The third kappa shape index (κ3) is 5.38. The van der Waals surface area contributed by atoms with E-state index in [2.05, 4.69) is 7.05 Å². The lowest BCUT2D eigenvalue weighted by molar-refractivity contribution is -0.910. The van der Waals surface area contributed by atoms with E-state index < -0.39 is 6.10 Å². The summed E-state index contributed by atoms with van der Waals surface area (Å²) in [5.74, 6) is -0.253. The molecule has 4 heteroatoms. The highest BCUT2D eigenvalue weighted by Gasteiger charge is 2.23. The summed E-state index contributed by atoms with van der Waals surface area (Å²) >= 11 is 0. The predicted molar refractivity (Wildman–Crippen MR) is 80.7 cm³/mol. The molecule has 0 radical (unpaired) electrons. The Hall–Kier alpha value is -0.970. The maximum absolute atomic E-state index is 13.4. The summed E-state index contributed by atoms with van der Waals surface area (Å²) in [6, 6.07) is 7.26. The van der Waals surface area contributed by atoms with Gasteiger partial charge < -0.3 is 14.7 Å². The zero-order valence-corrected chi connectivity index (χ0v) is 12.9. The van der Waals surface area contributed by atoms with Gasteiger partial charge in [0, 0.05) is 5.56 Å². The van der Waals surface area contributed by atoms with Crippen molar-refractivity contribution in [2.24, 2.45) is 0 Å². The van der Waals surface area contributed by atoms with Crippen molar-refractivity contribution < 1.29 is 19.1 Å². The van der Waals surface area contributed by atoms with Crippen LogP contribution in [0, 0.1) is 5.82 Å². The molecule has 1 fully saturated rings. The number of nitrogens with one attached hydrogen (secondary N) is 1. The van der Waals surface area contributed by atoms with Crippen LogP contribution in [0.3, 0.4) is 0 Å². The molecule has 0 amide bonds. The topological polar surface area (TPSA) is 33.9 Å². The van der Waals surface area contributed by atoms with E-state index in [0.717, 1.165) is 0 Å². The van der Waals surface area contributed by atoms with Gasteiger partial charge >= 0.3 is 0 Å². The summed E-state index contributed by atoms with van der Waals surface area (Å²) < 4.78 is 18.9. The minimum Gasteiger partial charge on any atom is -0.385 e. The Balaban J connectivity index is 1.67. The summed E-state index contributed by atoms with van der Waals surface area (Å²) in [5.41, 5.74) is 0.540. The predicted octanol–water partition coefficient (Wildman–Crippen LogP) is 1.55. The first-order valence-corrected chi connectivity index (χ1v) is 7.98. The summed E-state index contributed by atoms with van der Waals surface area (Å²) in [7, 11) is 2.15. The smallest absolute Gasteiger partial charge is 0.128 e. The second-order valence-corrected chi connectivity index (χ2v) is 6.15. The molecule has 1 aliphatic carbocycles. The van der Waals surface area contributed by atoms with Crippen molar-refractivity contribution >= 4 is 0 Å². The molecule has 0 bridgehead atoms. The molecule has 1 saturated carbocycles. The third-order valence-corrected chi connectivity index (χ3v) is 4.39. The van der Waals surface area contributed by atoms with Crippen molar-refractivity contribution in [1.82, 2.24) is 0 Å². The Kier molecular flexibility index (Phi) is 6.61. The van der Waals surface area contributed by atoms with Crippen molar-refractivity contribution in [3.8, 4) is 0 Å². The zero-order valence-electron chi connectivity index (χ0n) is 12.9. The van der Waals surface area contributed by atoms with E-state index >= 15 is 0 Å². The number of aliphatic hydroxyl groups excluding tert-OH is 1. The van der Waals surface area contributed by atoms with Gasteiger partial charge in [0.1, 0.15) is 18.5 Å². The van der Waals surface area contributed by atoms with Crippen LogP contribution in [0.25, 0.3) is 0 Å². The summed E-state index contributed by atoms with van der Waals surface area (Å²) in [5, 5.41) is 10.1. The van der Waals surface area contributed by atoms with Gasteiger partial charge in [-0.05, 0) is 31.7 Å². The SMILES string of the molecule is C[NH+](C[C@@H](O)COCc1ccccc1F)C1CCCCC1. The van der Waals surface area contributed by atoms with Crippen LogP contribution in [0.4, 0.5) is 4.39 Å². The van der Waals surface area contributed by atoms with Crippen molar-refractivity contribution in [2.45, 2.75) is 50.9 Å².